The van der Waals surface area contributed by atoms with Crippen LogP contribution in [0, 0.1) is 13.8 Å². The molecule has 2 N–H and O–H groups in total. The van der Waals surface area contributed by atoms with Crippen molar-refractivity contribution in [2.75, 3.05) is 13.3 Å². The lowest BCUT2D eigenvalue weighted by molar-refractivity contribution is 0.172. The summed E-state index contributed by atoms with van der Waals surface area (Å²) in [7, 11) is 0. The third kappa shape index (κ3) is 1.18. The molecule has 0 radical (unpaired) electrons. The molecule has 1 saturated carbocycles. The quantitative estimate of drug-likeness (QED) is 0.827. The number of ether oxygens (including phenoxy) is 2. The summed E-state index contributed by atoms with van der Waals surface area (Å²) < 4.78 is 11.1. The van der Waals surface area contributed by atoms with Gasteiger partial charge < -0.3 is 15.2 Å². The highest BCUT2D eigenvalue weighted by molar-refractivity contribution is 5.59. The molecule has 1 aromatic carbocycles. The molecule has 0 spiro atoms. The van der Waals surface area contributed by atoms with E-state index >= 15 is 0 Å². The van der Waals surface area contributed by atoms with Gasteiger partial charge in [-0.15, -0.1) is 0 Å². The first kappa shape index (κ1) is 9.97. The van der Waals surface area contributed by atoms with Crippen molar-refractivity contribution in [3.8, 4) is 11.5 Å². The lowest BCUT2D eigenvalue weighted by Gasteiger charge is -2.19. The van der Waals surface area contributed by atoms with Crippen LogP contribution >= 0.6 is 0 Å². The summed E-state index contributed by atoms with van der Waals surface area (Å²) in [5, 5.41) is 0. The van der Waals surface area contributed by atoms with Crippen LogP contribution in [0.15, 0.2) is 6.07 Å². The minimum atomic E-state index is 0.161. The summed E-state index contributed by atoms with van der Waals surface area (Å²) in [4.78, 5) is 0. The van der Waals surface area contributed by atoms with Crippen LogP contribution in [-0.2, 0) is 5.41 Å². The molecule has 0 unspecified atom stereocenters. The smallest absolute Gasteiger partial charge is 0.231 e. The van der Waals surface area contributed by atoms with Crippen LogP contribution < -0.4 is 15.2 Å². The van der Waals surface area contributed by atoms with Gasteiger partial charge in [0.2, 0.25) is 6.79 Å². The highest BCUT2D eigenvalue weighted by Crippen LogP contribution is 2.55. The molecular formula is C13H17NO2. The van der Waals surface area contributed by atoms with Gasteiger partial charge in [0.1, 0.15) is 0 Å². The maximum atomic E-state index is 5.92. The SMILES string of the molecule is Cc1cc2c(c(C3(CN)CC3)c1C)OCO2. The molecule has 0 aromatic heterocycles. The van der Waals surface area contributed by atoms with Crippen LogP contribution in [0.4, 0.5) is 0 Å². The van der Waals surface area contributed by atoms with Crippen LogP contribution in [-0.4, -0.2) is 13.3 Å². The number of hydrogen-bond acceptors (Lipinski definition) is 3. The summed E-state index contributed by atoms with van der Waals surface area (Å²) in [6, 6.07) is 2.06. The van der Waals surface area contributed by atoms with Crippen molar-refractivity contribution >= 4 is 0 Å². The molecule has 86 valence electrons. The van der Waals surface area contributed by atoms with E-state index in [9.17, 15) is 0 Å². The molecule has 1 aliphatic carbocycles. The molecule has 0 saturated heterocycles. The van der Waals surface area contributed by atoms with Gasteiger partial charge >= 0.3 is 0 Å². The molecule has 3 nitrogen and oxygen atoms in total. The van der Waals surface area contributed by atoms with Gasteiger partial charge in [0, 0.05) is 17.5 Å². The fraction of sp³-hybridized carbons (Fsp3) is 0.538. The molecule has 16 heavy (non-hydrogen) atoms. The van der Waals surface area contributed by atoms with E-state index in [4.69, 9.17) is 15.2 Å². The maximum Gasteiger partial charge on any atom is 0.231 e. The van der Waals surface area contributed by atoms with Crippen molar-refractivity contribution in [3.05, 3.63) is 22.8 Å². The Kier molecular flexibility index (Phi) is 1.96. The molecule has 1 heterocycles. The molecule has 0 amide bonds. The van der Waals surface area contributed by atoms with Gasteiger partial charge in [0.25, 0.3) is 0 Å². The highest BCUT2D eigenvalue weighted by Gasteiger charge is 2.47. The van der Waals surface area contributed by atoms with Crippen LogP contribution in [0.2, 0.25) is 0 Å². The summed E-state index contributed by atoms with van der Waals surface area (Å²) in [6.45, 7) is 5.31. The van der Waals surface area contributed by atoms with Gasteiger partial charge in [-0.3, -0.25) is 0 Å². The van der Waals surface area contributed by atoms with E-state index in [-0.39, 0.29) is 5.41 Å². The molecule has 0 atom stereocenters. The minimum absolute atomic E-state index is 0.161. The monoisotopic (exact) mass is 219 g/mol. The average molecular weight is 219 g/mol. The van der Waals surface area contributed by atoms with Gasteiger partial charge in [-0.2, -0.15) is 0 Å². The zero-order valence-corrected chi connectivity index (χ0v) is 9.80. The van der Waals surface area contributed by atoms with Gasteiger partial charge in [-0.1, -0.05) is 0 Å². The van der Waals surface area contributed by atoms with E-state index in [2.05, 4.69) is 19.9 Å². The lowest BCUT2D eigenvalue weighted by Crippen LogP contribution is -2.21. The largest absolute Gasteiger partial charge is 0.454 e. The Bertz CT molecular complexity index is 450. The van der Waals surface area contributed by atoms with Crippen LogP contribution in [0.25, 0.3) is 0 Å². The van der Waals surface area contributed by atoms with Crippen molar-refractivity contribution in [3.63, 3.8) is 0 Å². The number of nitrogens with two attached hydrogens (primary N) is 1. The van der Waals surface area contributed by atoms with Crippen molar-refractivity contribution in [2.24, 2.45) is 5.73 Å². The van der Waals surface area contributed by atoms with Crippen LogP contribution in [0.5, 0.6) is 11.5 Å². The number of benzene rings is 1. The highest BCUT2D eigenvalue weighted by atomic mass is 16.7. The summed E-state index contributed by atoms with van der Waals surface area (Å²) >= 11 is 0. The molecule has 3 heteroatoms. The normalized spacial score (nSPS) is 19.9. The summed E-state index contributed by atoms with van der Waals surface area (Å²) in [6.07, 6.45) is 2.34. The third-order valence-corrected chi connectivity index (χ3v) is 3.96. The molecule has 3 rings (SSSR count). The predicted molar refractivity (Wildman–Crippen MR) is 62.0 cm³/mol. The Morgan fingerprint density at radius 3 is 2.69 bits per heavy atom. The molecule has 1 aliphatic heterocycles. The molecule has 0 bridgehead atoms. The Morgan fingerprint density at radius 2 is 2.06 bits per heavy atom. The number of fused-ring (bicyclic) bond motifs is 1. The van der Waals surface area contributed by atoms with Crippen molar-refractivity contribution < 1.29 is 9.47 Å². The average Bonchev–Trinajstić information content (AvgIpc) is 2.93. The second kappa shape index (κ2) is 3.14. The first-order chi connectivity index (χ1) is 7.68. The summed E-state index contributed by atoms with van der Waals surface area (Å²) in [5.74, 6) is 1.82. The first-order valence-corrected chi connectivity index (χ1v) is 5.78. The zero-order chi connectivity index (χ0) is 11.3. The van der Waals surface area contributed by atoms with Crippen molar-refractivity contribution in [1.29, 1.82) is 0 Å². The van der Waals surface area contributed by atoms with Crippen molar-refractivity contribution in [1.82, 2.24) is 0 Å². The predicted octanol–water partition coefficient (Wildman–Crippen LogP) is 2.02. The van der Waals surface area contributed by atoms with E-state index in [0.29, 0.717) is 13.3 Å². The Labute approximate surface area is 95.5 Å². The van der Waals surface area contributed by atoms with Crippen molar-refractivity contribution in [2.45, 2.75) is 32.1 Å². The molecular weight excluding hydrogens is 202 g/mol. The lowest BCUT2D eigenvalue weighted by atomic mass is 9.88. The summed E-state index contributed by atoms with van der Waals surface area (Å²) in [5.41, 5.74) is 9.95. The van der Waals surface area contributed by atoms with Gasteiger partial charge in [0.05, 0.1) is 0 Å². The Morgan fingerprint density at radius 1 is 1.31 bits per heavy atom. The second-order valence-electron chi connectivity index (χ2n) is 4.91. The minimum Gasteiger partial charge on any atom is -0.454 e. The van der Waals surface area contributed by atoms with E-state index < -0.39 is 0 Å². The Balaban J connectivity index is 2.23. The fourth-order valence-electron chi connectivity index (χ4n) is 2.61. The van der Waals surface area contributed by atoms with Gasteiger partial charge in [-0.25, -0.2) is 0 Å². The van der Waals surface area contributed by atoms with Gasteiger partial charge in [0.15, 0.2) is 11.5 Å². The standard InChI is InChI=1S/C13H17NO2/c1-8-5-10-12(16-7-15-10)11(9(8)2)13(6-14)3-4-13/h5H,3-4,6-7,14H2,1-2H3. The van der Waals surface area contributed by atoms with E-state index in [0.717, 1.165) is 11.5 Å². The molecule has 1 aromatic rings. The molecule has 2 aliphatic rings. The third-order valence-electron chi connectivity index (χ3n) is 3.96. The van der Waals surface area contributed by atoms with Crippen LogP contribution in [0.1, 0.15) is 29.5 Å². The van der Waals surface area contributed by atoms with E-state index in [1.54, 1.807) is 0 Å². The fourth-order valence-corrected chi connectivity index (χ4v) is 2.61. The number of hydrogen-bond donors (Lipinski definition) is 1. The van der Waals surface area contributed by atoms with E-state index in [1.807, 2.05) is 0 Å². The molecule has 1 fully saturated rings. The van der Waals surface area contributed by atoms with Gasteiger partial charge in [-0.05, 0) is 43.9 Å². The zero-order valence-electron chi connectivity index (χ0n) is 9.80. The number of rotatable bonds is 2. The first-order valence-electron chi connectivity index (χ1n) is 5.78. The van der Waals surface area contributed by atoms with E-state index in [1.165, 1.54) is 29.5 Å². The Hall–Kier alpha value is -1.22. The second-order valence-corrected chi connectivity index (χ2v) is 4.91. The topological polar surface area (TPSA) is 44.5 Å². The van der Waals surface area contributed by atoms with Crippen LogP contribution in [0.3, 0.4) is 0 Å². The maximum absolute atomic E-state index is 5.92. The number of aryl methyl sites for hydroxylation is 1.